The number of carbonyl (C=O) groups excluding carboxylic acids is 1. The van der Waals surface area contributed by atoms with Gasteiger partial charge in [0.1, 0.15) is 17.2 Å². The molecule has 1 aliphatic rings. The van der Waals surface area contributed by atoms with Gasteiger partial charge in [0.15, 0.2) is 0 Å². The van der Waals surface area contributed by atoms with Crippen molar-refractivity contribution in [1.82, 2.24) is 4.90 Å². The lowest BCUT2D eigenvalue weighted by Gasteiger charge is -2.43. The normalized spacial score (nSPS) is 20.2. The molecule has 2 aromatic rings. The number of alkyl halides is 2. The first kappa shape index (κ1) is 22.0. The van der Waals surface area contributed by atoms with Gasteiger partial charge in [-0.25, -0.2) is 9.18 Å². The Morgan fingerprint density at radius 1 is 1.17 bits per heavy atom. The van der Waals surface area contributed by atoms with E-state index in [0.29, 0.717) is 31.4 Å². The van der Waals surface area contributed by atoms with Gasteiger partial charge in [-0.1, -0.05) is 24.3 Å². The number of halogens is 3. The van der Waals surface area contributed by atoms with E-state index in [1.165, 1.54) is 24.3 Å². The summed E-state index contributed by atoms with van der Waals surface area (Å²) in [6.07, 6.45) is 0.805. The van der Waals surface area contributed by atoms with Crippen LogP contribution in [0.3, 0.4) is 0 Å². The van der Waals surface area contributed by atoms with Crippen molar-refractivity contribution < 1.29 is 32.5 Å². The first-order valence-corrected chi connectivity index (χ1v) is 9.76. The van der Waals surface area contributed by atoms with E-state index < -0.39 is 18.3 Å². The van der Waals surface area contributed by atoms with E-state index in [2.05, 4.69) is 4.74 Å². The fraction of sp³-hybridized carbons (Fsp3) is 0.409. The Labute approximate surface area is 173 Å². The van der Waals surface area contributed by atoms with Crippen molar-refractivity contribution in [3.8, 4) is 5.75 Å². The number of amides is 1. The smallest absolute Gasteiger partial charge is 0.411 e. The maximum atomic E-state index is 13.4. The second-order valence-corrected chi connectivity index (χ2v) is 7.26. The Morgan fingerprint density at radius 3 is 2.40 bits per heavy atom. The van der Waals surface area contributed by atoms with Crippen LogP contribution in [0, 0.1) is 5.82 Å². The molecule has 1 aliphatic heterocycles. The quantitative estimate of drug-likeness (QED) is 0.649. The molecule has 30 heavy (non-hydrogen) atoms. The minimum absolute atomic E-state index is 0.0431. The maximum absolute atomic E-state index is 13.4. The number of hydrogen-bond donors (Lipinski definition) is 1. The highest BCUT2D eigenvalue weighted by atomic mass is 19.3. The number of hydrogen-bond acceptors (Lipinski definition) is 4. The number of nitrogens with zero attached hydrogens (tertiary/aromatic N) is 1. The zero-order valence-corrected chi connectivity index (χ0v) is 16.6. The summed E-state index contributed by atoms with van der Waals surface area (Å²) in [5, 5.41) is 9.27. The number of rotatable bonds is 8. The molecule has 1 N–H and O–H groups in total. The van der Waals surface area contributed by atoms with E-state index in [1.54, 1.807) is 29.2 Å². The predicted octanol–water partition coefficient (Wildman–Crippen LogP) is 5.00. The summed E-state index contributed by atoms with van der Waals surface area (Å²) in [5.41, 5.74) is 0.503. The third-order valence-electron chi connectivity index (χ3n) is 5.44. The van der Waals surface area contributed by atoms with Crippen LogP contribution in [0.25, 0.3) is 0 Å². The Bertz CT molecular complexity index is 844. The second-order valence-electron chi connectivity index (χ2n) is 7.26. The highest BCUT2D eigenvalue weighted by Gasteiger charge is 2.43. The van der Waals surface area contributed by atoms with Crippen LogP contribution in [0.1, 0.15) is 43.4 Å². The van der Waals surface area contributed by atoms with Crippen molar-refractivity contribution in [2.24, 2.45) is 0 Å². The van der Waals surface area contributed by atoms with E-state index in [1.807, 2.05) is 6.92 Å². The van der Waals surface area contributed by atoms with Crippen LogP contribution in [0.2, 0.25) is 0 Å². The van der Waals surface area contributed by atoms with E-state index in [4.69, 9.17) is 4.74 Å². The van der Waals surface area contributed by atoms with Crippen LogP contribution in [0.15, 0.2) is 48.5 Å². The minimum atomic E-state index is -2.90. The summed E-state index contributed by atoms with van der Waals surface area (Å²) < 4.78 is 48.2. The molecule has 1 fully saturated rings. The molecule has 1 unspecified atom stereocenters. The first-order valence-electron chi connectivity index (χ1n) is 9.76. The van der Waals surface area contributed by atoms with Crippen LogP contribution in [-0.2, 0) is 10.3 Å². The summed E-state index contributed by atoms with van der Waals surface area (Å²) in [7, 11) is 0. The van der Waals surface area contributed by atoms with Crippen molar-refractivity contribution in [3.63, 3.8) is 0 Å². The predicted molar refractivity (Wildman–Crippen MR) is 104 cm³/mol. The van der Waals surface area contributed by atoms with E-state index >= 15 is 0 Å². The van der Waals surface area contributed by atoms with Gasteiger partial charge < -0.3 is 19.5 Å². The fourth-order valence-electron chi connectivity index (χ4n) is 3.77. The average molecular weight is 423 g/mol. The molecule has 2 aromatic carbocycles. The highest BCUT2D eigenvalue weighted by molar-refractivity contribution is 5.70. The lowest BCUT2D eigenvalue weighted by Crippen LogP contribution is -2.48. The molecule has 8 heteroatoms. The molecule has 3 rings (SSSR count). The van der Waals surface area contributed by atoms with Gasteiger partial charge in [-0.3, -0.25) is 0 Å². The van der Waals surface area contributed by atoms with Gasteiger partial charge in [-0.05, 0) is 55.2 Å². The number of benzene rings is 2. The van der Waals surface area contributed by atoms with E-state index in [0.717, 1.165) is 5.56 Å². The molecule has 0 aliphatic carbocycles. The lowest BCUT2D eigenvalue weighted by atomic mass is 9.84. The first-order chi connectivity index (χ1) is 14.3. The summed E-state index contributed by atoms with van der Waals surface area (Å²) in [5.74, 6) is -0.339. The summed E-state index contributed by atoms with van der Waals surface area (Å²) in [6.45, 7) is -0.738. The topological polar surface area (TPSA) is 59.0 Å². The molecule has 5 nitrogen and oxygen atoms in total. The molecule has 0 bridgehead atoms. The molecule has 1 heterocycles. The molecular weight excluding hydrogens is 399 g/mol. The Kier molecular flexibility index (Phi) is 6.87. The SMILES string of the molecule is C[C@@H](c1ccc(OC(F)F)cc1)N1CCC(CCCO)(c2ccc(F)cc2)OC1=O. The number of carbonyl (C=O) groups is 1. The van der Waals surface area contributed by atoms with Crippen LogP contribution in [-0.4, -0.2) is 35.9 Å². The fourth-order valence-corrected chi connectivity index (χ4v) is 3.77. The Hall–Kier alpha value is -2.74. The minimum Gasteiger partial charge on any atom is -0.438 e. The monoisotopic (exact) mass is 423 g/mol. The maximum Gasteiger partial charge on any atom is 0.411 e. The standard InChI is InChI=1S/C22H24F3NO4/c1-15(16-3-9-19(10-4-16)29-20(24)25)26-13-12-22(11-2-14-27,30-21(26)28)17-5-7-18(23)8-6-17/h3-10,15,20,27H,2,11-14H2,1H3/t15-,22?/m0/s1. The molecule has 1 amide bonds. The molecule has 2 atom stereocenters. The number of aliphatic hydroxyl groups is 1. The lowest BCUT2D eigenvalue weighted by molar-refractivity contribution is -0.0680. The Balaban J connectivity index is 1.76. The van der Waals surface area contributed by atoms with Crippen LogP contribution in [0.5, 0.6) is 5.75 Å². The molecule has 0 saturated carbocycles. The van der Waals surface area contributed by atoms with Crippen molar-refractivity contribution in [2.75, 3.05) is 13.2 Å². The largest absolute Gasteiger partial charge is 0.438 e. The second kappa shape index (κ2) is 9.38. The third kappa shape index (κ3) is 4.87. The molecule has 1 saturated heterocycles. The molecule has 0 radical (unpaired) electrons. The highest BCUT2D eigenvalue weighted by Crippen LogP contribution is 2.40. The number of cyclic esters (lactones) is 1. The van der Waals surface area contributed by atoms with Crippen LogP contribution in [0.4, 0.5) is 18.0 Å². The number of ether oxygens (including phenoxy) is 2. The molecule has 0 aromatic heterocycles. The average Bonchev–Trinajstić information content (AvgIpc) is 2.72. The zero-order valence-electron chi connectivity index (χ0n) is 16.6. The summed E-state index contributed by atoms with van der Waals surface area (Å²) in [6, 6.07) is 11.6. The van der Waals surface area contributed by atoms with Crippen molar-refractivity contribution in [1.29, 1.82) is 0 Å². The molecule has 0 spiro atoms. The van der Waals surface area contributed by atoms with Crippen LogP contribution < -0.4 is 4.74 Å². The van der Waals surface area contributed by atoms with Crippen molar-refractivity contribution >= 4 is 6.09 Å². The van der Waals surface area contributed by atoms with Crippen LogP contribution >= 0.6 is 0 Å². The van der Waals surface area contributed by atoms with Gasteiger partial charge >= 0.3 is 12.7 Å². The van der Waals surface area contributed by atoms with E-state index in [9.17, 15) is 23.1 Å². The Morgan fingerprint density at radius 2 is 1.83 bits per heavy atom. The van der Waals surface area contributed by atoms with Crippen molar-refractivity contribution in [3.05, 3.63) is 65.5 Å². The summed E-state index contributed by atoms with van der Waals surface area (Å²) >= 11 is 0. The van der Waals surface area contributed by atoms with Crippen molar-refractivity contribution in [2.45, 2.75) is 44.4 Å². The zero-order chi connectivity index (χ0) is 21.7. The van der Waals surface area contributed by atoms with Gasteiger partial charge in [0, 0.05) is 19.6 Å². The van der Waals surface area contributed by atoms with Gasteiger partial charge in [0.2, 0.25) is 0 Å². The van der Waals surface area contributed by atoms with E-state index in [-0.39, 0.29) is 24.2 Å². The van der Waals surface area contributed by atoms with Gasteiger partial charge in [-0.2, -0.15) is 8.78 Å². The van der Waals surface area contributed by atoms with Gasteiger partial charge in [0.25, 0.3) is 0 Å². The number of aliphatic hydroxyl groups excluding tert-OH is 1. The third-order valence-corrected chi connectivity index (χ3v) is 5.44. The van der Waals surface area contributed by atoms with Gasteiger partial charge in [-0.15, -0.1) is 0 Å². The molecular formula is C22H24F3NO4. The summed E-state index contributed by atoms with van der Waals surface area (Å²) in [4.78, 5) is 14.4. The van der Waals surface area contributed by atoms with Gasteiger partial charge in [0.05, 0.1) is 6.04 Å². The molecule has 162 valence electrons.